The van der Waals surface area contributed by atoms with Crippen LogP contribution in [0, 0.1) is 0 Å². The lowest BCUT2D eigenvalue weighted by atomic mass is 9.99. The van der Waals surface area contributed by atoms with E-state index in [0.29, 0.717) is 5.69 Å². The lowest BCUT2D eigenvalue weighted by molar-refractivity contribution is 0.102. The van der Waals surface area contributed by atoms with Gasteiger partial charge in [0.15, 0.2) is 0 Å². The summed E-state index contributed by atoms with van der Waals surface area (Å²) in [5.41, 5.74) is 5.55. The van der Waals surface area contributed by atoms with Gasteiger partial charge >= 0.3 is 0 Å². The molecule has 4 nitrogen and oxygen atoms in total. The molecule has 2 heterocycles. The van der Waals surface area contributed by atoms with Crippen molar-refractivity contribution in [3.8, 4) is 0 Å². The van der Waals surface area contributed by atoms with Crippen molar-refractivity contribution in [3.63, 3.8) is 0 Å². The number of nitrogens with one attached hydrogen (secondary N) is 2. The van der Waals surface area contributed by atoms with Crippen LogP contribution in [-0.4, -0.2) is 17.4 Å². The van der Waals surface area contributed by atoms with E-state index in [4.69, 9.17) is 0 Å². The van der Waals surface area contributed by atoms with Gasteiger partial charge in [-0.25, -0.2) is 4.98 Å². The first-order chi connectivity index (χ1) is 8.84. The zero-order valence-electron chi connectivity index (χ0n) is 9.77. The normalized spacial score (nSPS) is 14.0. The molecule has 0 atom stereocenters. The minimum Gasteiger partial charge on any atom is -0.320 e. The molecule has 2 aromatic rings. The summed E-state index contributed by atoms with van der Waals surface area (Å²) in [7, 11) is 0. The van der Waals surface area contributed by atoms with Gasteiger partial charge in [-0.05, 0) is 30.2 Å². The lowest BCUT2D eigenvalue weighted by Crippen LogP contribution is -2.25. The highest BCUT2D eigenvalue weighted by Crippen LogP contribution is 2.23. The number of hydrogen-bond donors (Lipinski definition) is 2. The predicted molar refractivity (Wildman–Crippen MR) is 71.9 cm³/mol. The molecule has 0 saturated carbocycles. The predicted octanol–water partition coefficient (Wildman–Crippen LogP) is 2.04. The number of thiazole rings is 1. The van der Waals surface area contributed by atoms with Crippen molar-refractivity contribution in [3.05, 3.63) is 45.9 Å². The molecule has 1 amide bonds. The molecule has 1 aromatic carbocycles. The van der Waals surface area contributed by atoms with Crippen LogP contribution in [0.5, 0.6) is 0 Å². The maximum atomic E-state index is 12.0. The van der Waals surface area contributed by atoms with Gasteiger partial charge in [-0.3, -0.25) is 4.79 Å². The smallest absolute Gasteiger partial charge is 0.275 e. The number of aromatic nitrogens is 1. The van der Waals surface area contributed by atoms with Crippen LogP contribution >= 0.6 is 11.3 Å². The molecule has 0 aliphatic carbocycles. The van der Waals surface area contributed by atoms with Gasteiger partial charge in [-0.2, -0.15) is 0 Å². The molecule has 1 aliphatic heterocycles. The van der Waals surface area contributed by atoms with E-state index >= 15 is 0 Å². The second-order valence-electron chi connectivity index (χ2n) is 4.20. The summed E-state index contributed by atoms with van der Waals surface area (Å²) in [6.07, 6.45) is 0.947. The van der Waals surface area contributed by atoms with E-state index in [2.05, 4.69) is 21.7 Å². The molecule has 5 heteroatoms. The van der Waals surface area contributed by atoms with Crippen molar-refractivity contribution in [2.24, 2.45) is 0 Å². The maximum Gasteiger partial charge on any atom is 0.275 e. The van der Waals surface area contributed by atoms with E-state index in [1.54, 1.807) is 10.9 Å². The summed E-state index contributed by atoms with van der Waals surface area (Å²) in [6.45, 7) is 1.83. The van der Waals surface area contributed by atoms with E-state index in [1.165, 1.54) is 22.5 Å². The fraction of sp³-hybridized carbons (Fsp3) is 0.231. The van der Waals surface area contributed by atoms with Crippen molar-refractivity contribution in [2.45, 2.75) is 13.0 Å². The average Bonchev–Trinajstić information content (AvgIpc) is 2.93. The fourth-order valence-corrected chi connectivity index (χ4v) is 2.69. The average molecular weight is 259 g/mol. The second kappa shape index (κ2) is 4.88. The number of fused-ring (bicyclic) bond motifs is 1. The van der Waals surface area contributed by atoms with Gasteiger partial charge in [-0.15, -0.1) is 11.3 Å². The van der Waals surface area contributed by atoms with Crippen LogP contribution in [-0.2, 0) is 13.0 Å². The van der Waals surface area contributed by atoms with E-state index in [1.807, 2.05) is 12.1 Å². The molecule has 0 unspecified atom stereocenters. The number of carbonyl (C=O) groups excluding carboxylic acids is 1. The Morgan fingerprint density at radius 1 is 1.44 bits per heavy atom. The minimum atomic E-state index is -0.136. The van der Waals surface area contributed by atoms with Crippen LogP contribution in [0.3, 0.4) is 0 Å². The molecule has 0 spiro atoms. The second-order valence-corrected chi connectivity index (χ2v) is 4.92. The molecule has 0 fully saturated rings. The van der Waals surface area contributed by atoms with Gasteiger partial charge in [0.1, 0.15) is 5.69 Å². The number of anilines is 1. The molecular weight excluding hydrogens is 246 g/mol. The number of benzene rings is 1. The summed E-state index contributed by atoms with van der Waals surface area (Å²) in [6, 6.07) is 6.02. The van der Waals surface area contributed by atoms with Crippen LogP contribution in [0.15, 0.2) is 29.1 Å². The Kier molecular flexibility index (Phi) is 3.08. The zero-order chi connectivity index (χ0) is 12.4. The Morgan fingerprint density at radius 3 is 3.22 bits per heavy atom. The fourth-order valence-electron chi connectivity index (χ4n) is 2.16. The van der Waals surface area contributed by atoms with E-state index in [9.17, 15) is 4.79 Å². The Hall–Kier alpha value is -1.72. The number of nitrogens with zero attached hydrogens (tertiary/aromatic N) is 1. The quantitative estimate of drug-likeness (QED) is 0.867. The SMILES string of the molecule is O=C(Nc1cccc2c1CCNC2)c1cscn1. The number of rotatable bonds is 2. The van der Waals surface area contributed by atoms with E-state index < -0.39 is 0 Å². The molecule has 0 bridgehead atoms. The van der Waals surface area contributed by atoms with Crippen LogP contribution in [0.2, 0.25) is 0 Å². The van der Waals surface area contributed by atoms with E-state index in [-0.39, 0.29) is 5.91 Å². The molecule has 0 radical (unpaired) electrons. The molecular formula is C13H13N3OS. The number of carbonyl (C=O) groups is 1. The molecule has 0 saturated heterocycles. The Morgan fingerprint density at radius 2 is 2.39 bits per heavy atom. The molecule has 2 N–H and O–H groups in total. The largest absolute Gasteiger partial charge is 0.320 e. The molecule has 18 heavy (non-hydrogen) atoms. The first-order valence-electron chi connectivity index (χ1n) is 5.85. The summed E-state index contributed by atoms with van der Waals surface area (Å²) in [5.74, 6) is -0.136. The number of hydrogen-bond acceptors (Lipinski definition) is 4. The molecule has 92 valence electrons. The monoisotopic (exact) mass is 259 g/mol. The molecule has 3 rings (SSSR count). The van der Waals surface area contributed by atoms with Crippen molar-refractivity contribution in [1.29, 1.82) is 0 Å². The Labute approximate surface area is 109 Å². The highest BCUT2D eigenvalue weighted by molar-refractivity contribution is 7.07. The maximum absolute atomic E-state index is 12.0. The third-order valence-corrected chi connectivity index (χ3v) is 3.64. The van der Waals surface area contributed by atoms with Crippen LogP contribution in [0.1, 0.15) is 21.6 Å². The van der Waals surface area contributed by atoms with Gasteiger partial charge in [0.25, 0.3) is 5.91 Å². The third kappa shape index (κ3) is 2.14. The highest BCUT2D eigenvalue weighted by atomic mass is 32.1. The van der Waals surface area contributed by atoms with Crippen molar-refractivity contribution >= 4 is 22.9 Å². The van der Waals surface area contributed by atoms with Gasteiger partial charge in [0.2, 0.25) is 0 Å². The van der Waals surface area contributed by atoms with Gasteiger partial charge in [0, 0.05) is 17.6 Å². The van der Waals surface area contributed by atoms with Gasteiger partial charge in [-0.1, -0.05) is 12.1 Å². The third-order valence-electron chi connectivity index (χ3n) is 3.05. The minimum absolute atomic E-state index is 0.136. The number of amides is 1. The summed E-state index contributed by atoms with van der Waals surface area (Å²) in [5, 5.41) is 8.03. The first kappa shape index (κ1) is 11.4. The summed E-state index contributed by atoms with van der Waals surface area (Å²) >= 11 is 1.43. The highest BCUT2D eigenvalue weighted by Gasteiger charge is 2.15. The standard InChI is InChI=1S/C13H13N3OS/c17-13(12-7-18-8-15-12)16-11-3-1-2-9-6-14-5-4-10(9)11/h1-3,7-8,14H,4-6H2,(H,16,17). The van der Waals surface area contributed by atoms with E-state index in [0.717, 1.165) is 25.2 Å². The lowest BCUT2D eigenvalue weighted by Gasteiger charge is -2.20. The first-order valence-corrected chi connectivity index (χ1v) is 6.80. The van der Waals surface area contributed by atoms with Crippen molar-refractivity contribution < 1.29 is 4.79 Å². The summed E-state index contributed by atoms with van der Waals surface area (Å²) in [4.78, 5) is 16.0. The van der Waals surface area contributed by atoms with Gasteiger partial charge < -0.3 is 10.6 Å². The molecule has 1 aliphatic rings. The van der Waals surface area contributed by atoms with Crippen LogP contribution < -0.4 is 10.6 Å². The Bertz CT molecular complexity index is 566. The van der Waals surface area contributed by atoms with Crippen molar-refractivity contribution in [1.82, 2.24) is 10.3 Å². The topological polar surface area (TPSA) is 54.0 Å². The molecule has 1 aromatic heterocycles. The summed E-state index contributed by atoms with van der Waals surface area (Å²) < 4.78 is 0. The Balaban J connectivity index is 1.87. The van der Waals surface area contributed by atoms with Crippen LogP contribution in [0.25, 0.3) is 0 Å². The van der Waals surface area contributed by atoms with Crippen molar-refractivity contribution in [2.75, 3.05) is 11.9 Å². The van der Waals surface area contributed by atoms with Gasteiger partial charge in [0.05, 0.1) is 5.51 Å². The van der Waals surface area contributed by atoms with Crippen LogP contribution in [0.4, 0.5) is 5.69 Å². The zero-order valence-corrected chi connectivity index (χ0v) is 10.6.